The average Bonchev–Trinajstić information content (AvgIpc) is 2.63. The SMILES string of the molecule is CN=C(NCc1ccc(C)cc1OC(C)C)NCC1(SC)CCOCC1. The highest BCUT2D eigenvalue weighted by Gasteiger charge is 2.31. The fraction of sp³-hybridized carbons (Fsp3) is 0.650. The first-order chi connectivity index (χ1) is 12.5. The second-order valence-electron chi connectivity index (χ2n) is 7.06. The topological polar surface area (TPSA) is 54.9 Å². The normalized spacial score (nSPS) is 17.2. The second kappa shape index (κ2) is 10.1. The van der Waals surface area contributed by atoms with Crippen molar-refractivity contribution in [2.75, 3.05) is 33.1 Å². The highest BCUT2D eigenvalue weighted by Crippen LogP contribution is 2.33. The molecule has 2 N–H and O–H groups in total. The van der Waals surface area contributed by atoms with Gasteiger partial charge in [0, 0.05) is 43.7 Å². The van der Waals surface area contributed by atoms with Gasteiger partial charge in [-0.25, -0.2) is 0 Å². The number of ether oxygens (including phenoxy) is 2. The molecule has 0 spiro atoms. The molecule has 146 valence electrons. The lowest BCUT2D eigenvalue weighted by atomic mass is 9.99. The van der Waals surface area contributed by atoms with E-state index >= 15 is 0 Å². The molecule has 0 bridgehead atoms. The Balaban J connectivity index is 1.94. The van der Waals surface area contributed by atoms with Crippen molar-refractivity contribution in [3.8, 4) is 5.75 Å². The number of aliphatic imine (C=N–C) groups is 1. The predicted molar refractivity (Wildman–Crippen MR) is 111 cm³/mol. The van der Waals surface area contributed by atoms with Crippen LogP contribution in [0.1, 0.15) is 37.8 Å². The monoisotopic (exact) mass is 379 g/mol. The van der Waals surface area contributed by atoms with Gasteiger partial charge in [-0.3, -0.25) is 4.99 Å². The zero-order valence-corrected chi connectivity index (χ0v) is 17.5. The van der Waals surface area contributed by atoms with Crippen LogP contribution >= 0.6 is 11.8 Å². The second-order valence-corrected chi connectivity index (χ2v) is 8.33. The van der Waals surface area contributed by atoms with Crippen molar-refractivity contribution >= 4 is 17.7 Å². The van der Waals surface area contributed by atoms with Crippen molar-refractivity contribution in [3.05, 3.63) is 29.3 Å². The van der Waals surface area contributed by atoms with Gasteiger partial charge in [-0.1, -0.05) is 12.1 Å². The molecule has 0 atom stereocenters. The van der Waals surface area contributed by atoms with Crippen LogP contribution in [0.4, 0.5) is 0 Å². The molecule has 0 radical (unpaired) electrons. The van der Waals surface area contributed by atoms with Crippen LogP contribution < -0.4 is 15.4 Å². The van der Waals surface area contributed by atoms with E-state index in [9.17, 15) is 0 Å². The number of hydrogen-bond acceptors (Lipinski definition) is 4. The van der Waals surface area contributed by atoms with Gasteiger partial charge in [0.05, 0.1) is 6.10 Å². The van der Waals surface area contributed by atoms with E-state index < -0.39 is 0 Å². The zero-order valence-electron chi connectivity index (χ0n) is 16.7. The summed E-state index contributed by atoms with van der Waals surface area (Å²) in [6.07, 6.45) is 4.48. The molecule has 0 unspecified atom stereocenters. The lowest BCUT2D eigenvalue weighted by molar-refractivity contribution is 0.0783. The summed E-state index contributed by atoms with van der Waals surface area (Å²) in [5.41, 5.74) is 2.34. The Morgan fingerprint density at radius 3 is 2.65 bits per heavy atom. The summed E-state index contributed by atoms with van der Waals surface area (Å²) >= 11 is 1.93. The molecule has 1 aromatic carbocycles. The molecule has 26 heavy (non-hydrogen) atoms. The van der Waals surface area contributed by atoms with Gasteiger partial charge >= 0.3 is 0 Å². The molecule has 1 fully saturated rings. The average molecular weight is 380 g/mol. The molecule has 1 heterocycles. The summed E-state index contributed by atoms with van der Waals surface area (Å²) in [5.74, 6) is 1.76. The van der Waals surface area contributed by atoms with E-state index in [2.05, 4.69) is 60.9 Å². The Morgan fingerprint density at radius 2 is 2.04 bits per heavy atom. The van der Waals surface area contributed by atoms with E-state index in [0.717, 1.165) is 49.9 Å². The molecule has 0 saturated carbocycles. The van der Waals surface area contributed by atoms with Crippen molar-refractivity contribution in [2.45, 2.75) is 51.0 Å². The molecule has 6 heteroatoms. The van der Waals surface area contributed by atoms with E-state index in [1.54, 1.807) is 0 Å². The molecule has 0 amide bonds. The van der Waals surface area contributed by atoms with Gasteiger partial charge < -0.3 is 20.1 Å². The number of thioether (sulfide) groups is 1. The maximum absolute atomic E-state index is 5.96. The smallest absolute Gasteiger partial charge is 0.191 e. The number of aryl methyl sites for hydroxylation is 1. The van der Waals surface area contributed by atoms with Crippen LogP contribution in [0.25, 0.3) is 0 Å². The lowest BCUT2D eigenvalue weighted by Crippen LogP contribution is -2.47. The van der Waals surface area contributed by atoms with Crippen LogP contribution in [-0.4, -0.2) is 49.9 Å². The van der Waals surface area contributed by atoms with Gasteiger partial charge in [0.15, 0.2) is 5.96 Å². The fourth-order valence-corrected chi connectivity index (χ4v) is 3.80. The molecule has 1 aromatic rings. The number of nitrogens with one attached hydrogen (secondary N) is 2. The number of rotatable bonds is 7. The van der Waals surface area contributed by atoms with E-state index in [1.807, 2.05) is 18.8 Å². The number of benzene rings is 1. The van der Waals surface area contributed by atoms with Crippen LogP contribution in [0.2, 0.25) is 0 Å². The molecular weight excluding hydrogens is 346 g/mol. The van der Waals surface area contributed by atoms with Gasteiger partial charge in [0.2, 0.25) is 0 Å². The third kappa shape index (κ3) is 6.09. The predicted octanol–water partition coefficient (Wildman–Crippen LogP) is 3.36. The Morgan fingerprint density at radius 1 is 1.31 bits per heavy atom. The molecule has 1 saturated heterocycles. The van der Waals surface area contributed by atoms with Crippen molar-refractivity contribution < 1.29 is 9.47 Å². The summed E-state index contributed by atoms with van der Waals surface area (Å²) in [5, 5.41) is 6.91. The Hall–Kier alpha value is -1.40. The van der Waals surface area contributed by atoms with Crippen LogP contribution in [-0.2, 0) is 11.3 Å². The maximum Gasteiger partial charge on any atom is 0.191 e. The third-order valence-corrected chi connectivity index (χ3v) is 6.09. The molecule has 0 aromatic heterocycles. The van der Waals surface area contributed by atoms with E-state index in [0.29, 0.717) is 6.54 Å². The number of guanidine groups is 1. The third-order valence-electron chi connectivity index (χ3n) is 4.67. The minimum atomic E-state index is 0.156. The first-order valence-electron chi connectivity index (χ1n) is 9.31. The van der Waals surface area contributed by atoms with E-state index in [-0.39, 0.29) is 10.9 Å². The Labute approximate surface area is 162 Å². The van der Waals surface area contributed by atoms with Crippen molar-refractivity contribution in [3.63, 3.8) is 0 Å². The fourth-order valence-electron chi connectivity index (χ4n) is 3.01. The van der Waals surface area contributed by atoms with Crippen molar-refractivity contribution in [1.29, 1.82) is 0 Å². The highest BCUT2D eigenvalue weighted by molar-refractivity contribution is 8.00. The summed E-state index contributed by atoms with van der Waals surface area (Å²) < 4.78 is 11.7. The van der Waals surface area contributed by atoms with Crippen LogP contribution in [0.3, 0.4) is 0 Å². The Bertz CT molecular complexity index is 599. The summed E-state index contributed by atoms with van der Waals surface area (Å²) in [6.45, 7) is 9.44. The molecule has 0 aliphatic carbocycles. The molecular formula is C20H33N3O2S. The van der Waals surface area contributed by atoms with E-state index in [1.165, 1.54) is 5.56 Å². The van der Waals surface area contributed by atoms with Gasteiger partial charge in [-0.2, -0.15) is 11.8 Å². The largest absolute Gasteiger partial charge is 0.491 e. The summed E-state index contributed by atoms with van der Waals surface area (Å²) in [7, 11) is 1.81. The van der Waals surface area contributed by atoms with Crippen LogP contribution in [0.15, 0.2) is 23.2 Å². The summed E-state index contributed by atoms with van der Waals surface area (Å²) in [4.78, 5) is 4.37. The zero-order chi connectivity index (χ0) is 19.0. The minimum absolute atomic E-state index is 0.156. The van der Waals surface area contributed by atoms with Crippen LogP contribution in [0.5, 0.6) is 5.75 Å². The summed E-state index contributed by atoms with van der Waals surface area (Å²) in [6, 6.07) is 6.33. The van der Waals surface area contributed by atoms with Gasteiger partial charge in [-0.15, -0.1) is 0 Å². The highest BCUT2D eigenvalue weighted by atomic mass is 32.2. The number of hydrogen-bond donors (Lipinski definition) is 2. The van der Waals surface area contributed by atoms with Crippen LogP contribution in [0, 0.1) is 6.92 Å². The number of nitrogens with zero attached hydrogens (tertiary/aromatic N) is 1. The molecule has 5 nitrogen and oxygen atoms in total. The Kier molecular flexibility index (Phi) is 8.10. The lowest BCUT2D eigenvalue weighted by Gasteiger charge is -2.36. The molecule has 1 aliphatic rings. The first-order valence-corrected chi connectivity index (χ1v) is 10.5. The molecule has 1 aliphatic heterocycles. The van der Waals surface area contributed by atoms with Gasteiger partial charge in [-0.05, 0) is 51.5 Å². The van der Waals surface area contributed by atoms with Crippen molar-refractivity contribution in [2.24, 2.45) is 4.99 Å². The van der Waals surface area contributed by atoms with Gasteiger partial charge in [0.25, 0.3) is 0 Å². The first kappa shape index (κ1) is 20.9. The van der Waals surface area contributed by atoms with Gasteiger partial charge in [0.1, 0.15) is 5.75 Å². The van der Waals surface area contributed by atoms with E-state index in [4.69, 9.17) is 9.47 Å². The maximum atomic E-state index is 5.96. The standard InChI is InChI=1S/C20H33N3O2S/c1-15(2)25-18-12-16(3)6-7-17(18)13-22-19(21-4)23-14-20(26-5)8-10-24-11-9-20/h6-7,12,15H,8-11,13-14H2,1-5H3,(H2,21,22,23). The minimum Gasteiger partial charge on any atom is -0.491 e. The van der Waals surface area contributed by atoms with Crippen molar-refractivity contribution in [1.82, 2.24) is 10.6 Å². The quantitative estimate of drug-likeness (QED) is 0.562. The molecule has 2 rings (SSSR count).